The molecule has 0 spiro atoms. The van der Waals surface area contributed by atoms with E-state index in [1.165, 1.54) is 12.4 Å². The fraction of sp³-hybridized carbons (Fsp3) is 0.348. The second-order valence-corrected chi connectivity index (χ2v) is 8.87. The molecule has 4 aromatic rings. The summed E-state index contributed by atoms with van der Waals surface area (Å²) in [6.07, 6.45) is 7.95. The van der Waals surface area contributed by atoms with Crippen LogP contribution in [0, 0.1) is 29.4 Å². The van der Waals surface area contributed by atoms with E-state index in [-0.39, 0.29) is 29.1 Å². The number of nitrogens with one attached hydrogen (secondary N) is 3. The number of benzene rings is 1. The van der Waals surface area contributed by atoms with Crippen molar-refractivity contribution >= 4 is 33.7 Å². The van der Waals surface area contributed by atoms with Gasteiger partial charge < -0.3 is 20.4 Å². The monoisotopic (exact) mass is 437 g/mol. The van der Waals surface area contributed by atoms with Crippen LogP contribution in [0.2, 0.25) is 0 Å². The normalized spacial score (nSPS) is 24.9. The molecule has 1 aromatic carbocycles. The summed E-state index contributed by atoms with van der Waals surface area (Å²) in [6.45, 7) is 0. The molecule has 3 saturated carbocycles. The third-order valence-corrected chi connectivity index (χ3v) is 7.26. The highest BCUT2D eigenvalue weighted by Gasteiger charge is 2.47. The van der Waals surface area contributed by atoms with Gasteiger partial charge in [0.15, 0.2) is 5.82 Å². The maximum Gasteiger partial charge on any atom is 0.308 e. The van der Waals surface area contributed by atoms with Crippen LogP contribution in [-0.4, -0.2) is 37.1 Å². The molecule has 1 unspecified atom stereocenters. The first-order valence-corrected chi connectivity index (χ1v) is 10.8. The fourth-order valence-electron chi connectivity index (χ4n) is 5.78. The number of anilines is 1. The molecule has 3 aliphatic carbocycles. The zero-order chi connectivity index (χ0) is 22.0. The van der Waals surface area contributed by atoms with E-state index in [4.69, 9.17) is 0 Å². The van der Waals surface area contributed by atoms with Crippen molar-refractivity contribution in [2.45, 2.75) is 31.7 Å². The van der Waals surface area contributed by atoms with Crippen LogP contribution in [0.3, 0.4) is 0 Å². The smallest absolute Gasteiger partial charge is 0.308 e. The third-order valence-electron chi connectivity index (χ3n) is 7.26. The number of fused-ring (bicyclic) bond motifs is 5. The number of carboxylic acids is 1. The van der Waals surface area contributed by atoms with Crippen molar-refractivity contribution in [3.63, 3.8) is 0 Å². The molecule has 2 bridgehead atoms. The SMILES string of the molecule is O=C(O)[C@H]1C2CCC(CC2)C1Nc1cc(-c2c[nH]c3ncc(F)cc23)c2[nH]cnc2c1F. The molecule has 2 atom stereocenters. The number of halogens is 2. The second kappa shape index (κ2) is 7.01. The van der Waals surface area contributed by atoms with Crippen LogP contribution >= 0.6 is 0 Å². The number of carboxylic acid groups (broad SMARTS) is 1. The number of nitrogens with zero attached hydrogens (tertiary/aromatic N) is 2. The molecular weight excluding hydrogens is 416 g/mol. The average molecular weight is 437 g/mol. The number of hydrogen-bond acceptors (Lipinski definition) is 4. The lowest BCUT2D eigenvalue weighted by molar-refractivity contribution is -0.148. The molecular formula is C23H21F2N5O2. The number of H-pyrrole nitrogens is 2. The number of imidazole rings is 1. The van der Waals surface area contributed by atoms with Gasteiger partial charge in [-0.2, -0.15) is 0 Å². The summed E-state index contributed by atoms with van der Waals surface area (Å²) in [4.78, 5) is 26.3. The number of aromatic amines is 2. The molecule has 164 valence electrons. The Hall–Kier alpha value is -3.49. The van der Waals surface area contributed by atoms with Crippen molar-refractivity contribution in [2.75, 3.05) is 5.32 Å². The lowest BCUT2D eigenvalue weighted by Crippen LogP contribution is -2.51. The summed E-state index contributed by atoms with van der Waals surface area (Å²) in [5.41, 5.74) is 2.65. The Morgan fingerprint density at radius 2 is 1.84 bits per heavy atom. The number of aromatic nitrogens is 4. The molecule has 4 N–H and O–H groups in total. The van der Waals surface area contributed by atoms with E-state index < -0.39 is 23.5 Å². The predicted molar refractivity (Wildman–Crippen MR) is 115 cm³/mol. The minimum atomic E-state index is -0.837. The molecule has 0 saturated heterocycles. The van der Waals surface area contributed by atoms with E-state index in [1.807, 2.05) is 0 Å². The highest BCUT2D eigenvalue weighted by atomic mass is 19.1. The molecule has 3 aromatic heterocycles. The van der Waals surface area contributed by atoms with E-state index in [0.29, 0.717) is 27.7 Å². The van der Waals surface area contributed by atoms with Crippen molar-refractivity contribution < 1.29 is 18.7 Å². The largest absolute Gasteiger partial charge is 0.481 e. The minimum absolute atomic E-state index is 0.106. The van der Waals surface area contributed by atoms with Crippen molar-refractivity contribution in [3.8, 4) is 11.1 Å². The average Bonchev–Trinajstić information content (AvgIpc) is 3.44. The van der Waals surface area contributed by atoms with Gasteiger partial charge in [-0.1, -0.05) is 0 Å². The van der Waals surface area contributed by atoms with Gasteiger partial charge in [-0.15, -0.1) is 0 Å². The number of pyridine rings is 1. The van der Waals surface area contributed by atoms with Crippen LogP contribution in [0.1, 0.15) is 25.7 Å². The van der Waals surface area contributed by atoms with Crippen molar-refractivity contribution in [1.29, 1.82) is 0 Å². The Morgan fingerprint density at radius 3 is 2.62 bits per heavy atom. The predicted octanol–water partition coefficient (Wildman–Crippen LogP) is 4.69. The Balaban J connectivity index is 1.49. The van der Waals surface area contributed by atoms with Crippen LogP contribution in [-0.2, 0) is 4.79 Å². The highest BCUT2D eigenvalue weighted by molar-refractivity contribution is 6.03. The standard InChI is InChI=1S/C23H21F2N5O2/c24-12-5-14-15(8-27-22(14)26-7-12)13-6-16(18(25)21-20(13)28-9-29-21)30-19-11-3-1-10(2-4-11)17(19)23(31)32/h5-11,17,19,30H,1-4H2,(H,26,27)(H,28,29)(H,31,32)/t10?,11?,17-,19?/m0/s1. The summed E-state index contributed by atoms with van der Waals surface area (Å²) in [5.74, 6) is -2.09. The van der Waals surface area contributed by atoms with E-state index in [1.54, 1.807) is 12.3 Å². The molecule has 3 heterocycles. The summed E-state index contributed by atoms with van der Waals surface area (Å²) >= 11 is 0. The lowest BCUT2D eigenvalue weighted by Gasteiger charge is -2.47. The third kappa shape index (κ3) is 2.80. The molecule has 9 heteroatoms. The molecule has 7 nitrogen and oxygen atoms in total. The van der Waals surface area contributed by atoms with Gasteiger partial charge in [-0.05, 0) is 49.7 Å². The molecule has 0 radical (unpaired) electrons. The van der Waals surface area contributed by atoms with E-state index >= 15 is 4.39 Å². The van der Waals surface area contributed by atoms with Crippen LogP contribution in [0.4, 0.5) is 14.5 Å². The maximum atomic E-state index is 15.5. The van der Waals surface area contributed by atoms with Gasteiger partial charge >= 0.3 is 5.97 Å². The van der Waals surface area contributed by atoms with E-state index in [0.717, 1.165) is 31.9 Å². The van der Waals surface area contributed by atoms with Crippen LogP contribution < -0.4 is 5.32 Å². The molecule has 0 amide bonds. The second-order valence-electron chi connectivity index (χ2n) is 8.87. The molecule has 32 heavy (non-hydrogen) atoms. The van der Waals surface area contributed by atoms with Crippen molar-refractivity contribution in [3.05, 3.63) is 42.5 Å². The van der Waals surface area contributed by atoms with Crippen LogP contribution in [0.5, 0.6) is 0 Å². The van der Waals surface area contributed by atoms with Gasteiger partial charge in [-0.25, -0.2) is 18.7 Å². The first kappa shape index (κ1) is 19.2. The van der Waals surface area contributed by atoms with Gasteiger partial charge in [0, 0.05) is 28.8 Å². The number of rotatable bonds is 4. The van der Waals surface area contributed by atoms with Crippen molar-refractivity contribution in [2.24, 2.45) is 17.8 Å². The molecule has 3 aliphatic rings. The Kier molecular flexibility index (Phi) is 4.21. The number of hydrogen-bond donors (Lipinski definition) is 4. The summed E-state index contributed by atoms with van der Waals surface area (Å²) in [5, 5.41) is 13.7. The first-order valence-electron chi connectivity index (χ1n) is 10.8. The highest BCUT2D eigenvalue weighted by Crippen LogP contribution is 2.47. The minimum Gasteiger partial charge on any atom is -0.481 e. The Morgan fingerprint density at radius 1 is 1.06 bits per heavy atom. The number of aliphatic carboxylic acids is 1. The molecule has 3 fully saturated rings. The first-order chi connectivity index (χ1) is 15.5. The molecule has 0 aliphatic heterocycles. The molecule has 7 rings (SSSR count). The van der Waals surface area contributed by atoms with Crippen LogP contribution in [0.25, 0.3) is 33.2 Å². The maximum absolute atomic E-state index is 15.5. The number of carbonyl (C=O) groups is 1. The van der Waals surface area contributed by atoms with Gasteiger partial charge in [0.2, 0.25) is 0 Å². The summed E-state index contributed by atoms with van der Waals surface area (Å²) in [7, 11) is 0. The fourth-order valence-corrected chi connectivity index (χ4v) is 5.78. The Labute approximate surface area is 181 Å². The zero-order valence-corrected chi connectivity index (χ0v) is 17.0. The van der Waals surface area contributed by atoms with Gasteiger partial charge in [0.25, 0.3) is 0 Å². The van der Waals surface area contributed by atoms with E-state index in [9.17, 15) is 14.3 Å². The lowest BCUT2D eigenvalue weighted by atomic mass is 9.61. The zero-order valence-electron chi connectivity index (χ0n) is 17.0. The quantitative estimate of drug-likeness (QED) is 0.371. The van der Waals surface area contributed by atoms with Crippen LogP contribution in [0.15, 0.2) is 30.9 Å². The van der Waals surface area contributed by atoms with Gasteiger partial charge in [-0.3, -0.25) is 4.79 Å². The summed E-state index contributed by atoms with van der Waals surface area (Å²) in [6, 6.07) is 2.69. The van der Waals surface area contributed by atoms with Gasteiger partial charge in [0.1, 0.15) is 17.0 Å². The van der Waals surface area contributed by atoms with Crippen molar-refractivity contribution in [1.82, 2.24) is 19.9 Å². The van der Waals surface area contributed by atoms with Gasteiger partial charge in [0.05, 0.1) is 29.6 Å². The van der Waals surface area contributed by atoms with E-state index in [2.05, 4.69) is 25.3 Å². The summed E-state index contributed by atoms with van der Waals surface area (Å²) < 4.78 is 29.4. The topological polar surface area (TPSA) is 107 Å². The Bertz CT molecular complexity index is 1360.